The molecule has 0 saturated carbocycles. The van der Waals surface area contributed by atoms with E-state index in [-0.39, 0.29) is 11.0 Å². The highest BCUT2D eigenvalue weighted by Crippen LogP contribution is 2.36. The van der Waals surface area contributed by atoms with Crippen LogP contribution in [0.5, 0.6) is 5.75 Å². The topological polar surface area (TPSA) is 63.5 Å². The number of anilines is 1. The van der Waals surface area contributed by atoms with Crippen molar-refractivity contribution in [1.82, 2.24) is 5.32 Å². The number of hydrogen-bond donors (Lipinski definition) is 2. The Labute approximate surface area is 170 Å². The van der Waals surface area contributed by atoms with Crippen molar-refractivity contribution in [3.63, 3.8) is 0 Å². The Bertz CT molecular complexity index is 1190. The van der Waals surface area contributed by atoms with Gasteiger partial charge in [0.2, 0.25) is 5.91 Å². The number of methoxy groups -OCH3 is 1. The van der Waals surface area contributed by atoms with Gasteiger partial charge in [-0.15, -0.1) is 11.3 Å². The first kappa shape index (κ1) is 18.2. The number of carbonyl (C=O) groups is 1. The summed E-state index contributed by atoms with van der Waals surface area (Å²) in [5.41, 5.74) is 2.11. The molecule has 4 rings (SSSR count). The van der Waals surface area contributed by atoms with Crippen molar-refractivity contribution in [1.29, 1.82) is 0 Å². The first-order chi connectivity index (χ1) is 13.6. The lowest BCUT2D eigenvalue weighted by molar-refractivity contribution is -0.115. The van der Waals surface area contributed by atoms with Crippen LogP contribution in [0.25, 0.3) is 28.0 Å². The molecule has 0 aliphatic heterocycles. The van der Waals surface area contributed by atoms with Crippen LogP contribution in [0, 0.1) is 0 Å². The molecule has 0 atom stereocenters. The smallest absolute Gasteiger partial charge is 0.250 e. The largest absolute Gasteiger partial charge is 0.495 e. The normalized spacial score (nSPS) is 11.2. The van der Waals surface area contributed by atoms with Crippen LogP contribution in [-0.4, -0.2) is 18.1 Å². The fourth-order valence-electron chi connectivity index (χ4n) is 2.87. The summed E-state index contributed by atoms with van der Waals surface area (Å²) in [6.07, 6.45) is 3.18. The molecule has 0 unspecified atom stereocenters. The van der Waals surface area contributed by atoms with Crippen LogP contribution >= 0.6 is 23.6 Å². The number of para-hydroxylation sites is 1. The average molecular weight is 409 g/mol. The highest BCUT2D eigenvalue weighted by atomic mass is 32.1. The highest BCUT2D eigenvalue weighted by molar-refractivity contribution is 7.80. The summed E-state index contributed by atoms with van der Waals surface area (Å²) in [4.78, 5) is 13.0. The van der Waals surface area contributed by atoms with E-state index in [1.807, 2.05) is 53.9 Å². The zero-order valence-corrected chi connectivity index (χ0v) is 16.5. The fourth-order valence-corrected chi connectivity index (χ4v) is 3.70. The Kier molecular flexibility index (Phi) is 5.10. The van der Waals surface area contributed by atoms with Gasteiger partial charge in [-0.25, -0.2) is 0 Å². The van der Waals surface area contributed by atoms with E-state index in [2.05, 4.69) is 10.6 Å². The van der Waals surface area contributed by atoms with Crippen LogP contribution in [0.1, 0.15) is 4.88 Å². The van der Waals surface area contributed by atoms with Gasteiger partial charge in [-0.05, 0) is 41.9 Å². The quantitative estimate of drug-likeness (QED) is 0.360. The van der Waals surface area contributed by atoms with Gasteiger partial charge in [-0.1, -0.05) is 24.3 Å². The SMILES string of the molecule is COc1cc2c(cc1NC(=S)NC(=O)/C=C/c1cccs1)oc1ccccc12. The number of furan rings is 1. The van der Waals surface area contributed by atoms with E-state index in [1.54, 1.807) is 24.5 Å². The van der Waals surface area contributed by atoms with Crippen molar-refractivity contribution < 1.29 is 13.9 Å². The first-order valence-electron chi connectivity index (χ1n) is 8.47. The van der Waals surface area contributed by atoms with Crippen LogP contribution in [-0.2, 0) is 4.79 Å². The maximum atomic E-state index is 12.1. The highest BCUT2D eigenvalue weighted by Gasteiger charge is 2.13. The molecule has 0 spiro atoms. The average Bonchev–Trinajstić information content (AvgIpc) is 3.33. The molecule has 0 radical (unpaired) electrons. The third-order valence-corrected chi connectivity index (χ3v) is 5.17. The number of hydrogen-bond acceptors (Lipinski definition) is 5. The van der Waals surface area contributed by atoms with Crippen LogP contribution in [0.4, 0.5) is 5.69 Å². The van der Waals surface area contributed by atoms with E-state index in [9.17, 15) is 4.79 Å². The summed E-state index contributed by atoms with van der Waals surface area (Å²) in [7, 11) is 1.58. The number of fused-ring (bicyclic) bond motifs is 3. The lowest BCUT2D eigenvalue weighted by Gasteiger charge is -2.12. The molecule has 28 heavy (non-hydrogen) atoms. The predicted molar refractivity (Wildman–Crippen MR) is 118 cm³/mol. The number of thiophene rings is 1. The van der Waals surface area contributed by atoms with E-state index in [4.69, 9.17) is 21.4 Å². The van der Waals surface area contributed by atoms with Crippen LogP contribution < -0.4 is 15.4 Å². The molecule has 0 fully saturated rings. The number of ether oxygens (including phenoxy) is 1. The van der Waals surface area contributed by atoms with Gasteiger partial charge in [-0.3, -0.25) is 10.1 Å². The van der Waals surface area contributed by atoms with Crippen LogP contribution in [0.2, 0.25) is 0 Å². The summed E-state index contributed by atoms with van der Waals surface area (Å²) in [5, 5.41) is 9.72. The molecule has 2 aromatic heterocycles. The van der Waals surface area contributed by atoms with Crippen molar-refractivity contribution >= 4 is 68.3 Å². The van der Waals surface area contributed by atoms with E-state index in [1.165, 1.54) is 6.08 Å². The molecular weight excluding hydrogens is 392 g/mol. The van der Waals surface area contributed by atoms with Crippen molar-refractivity contribution in [2.75, 3.05) is 12.4 Å². The number of rotatable bonds is 4. The molecule has 2 N–H and O–H groups in total. The first-order valence-corrected chi connectivity index (χ1v) is 9.75. The minimum atomic E-state index is -0.310. The number of carbonyl (C=O) groups excluding carboxylic acids is 1. The van der Waals surface area contributed by atoms with E-state index < -0.39 is 0 Å². The molecule has 0 saturated heterocycles. The Hall–Kier alpha value is -3.16. The summed E-state index contributed by atoms with van der Waals surface area (Å²) in [5.74, 6) is 0.291. The molecule has 140 valence electrons. The minimum Gasteiger partial charge on any atom is -0.495 e. The number of amides is 1. The van der Waals surface area contributed by atoms with Gasteiger partial charge in [-0.2, -0.15) is 0 Å². The maximum Gasteiger partial charge on any atom is 0.250 e. The lowest BCUT2D eigenvalue weighted by Crippen LogP contribution is -2.32. The predicted octanol–water partition coefficient (Wildman–Crippen LogP) is 5.18. The fraction of sp³-hybridized carbons (Fsp3) is 0.0476. The van der Waals surface area contributed by atoms with Gasteiger partial charge in [0, 0.05) is 27.8 Å². The van der Waals surface area contributed by atoms with Gasteiger partial charge in [0.25, 0.3) is 0 Å². The van der Waals surface area contributed by atoms with Gasteiger partial charge in [0.05, 0.1) is 12.8 Å². The Morgan fingerprint density at radius 2 is 2.00 bits per heavy atom. The minimum absolute atomic E-state index is 0.176. The summed E-state index contributed by atoms with van der Waals surface area (Å²) in [6, 6.07) is 15.4. The Morgan fingerprint density at radius 1 is 1.14 bits per heavy atom. The second-order valence-corrected chi connectivity index (χ2v) is 7.33. The molecule has 0 bridgehead atoms. The lowest BCUT2D eigenvalue weighted by atomic mass is 10.1. The van der Waals surface area contributed by atoms with Crippen molar-refractivity contribution in [2.24, 2.45) is 0 Å². The third-order valence-electron chi connectivity index (χ3n) is 4.13. The molecule has 0 aliphatic carbocycles. The second-order valence-electron chi connectivity index (χ2n) is 5.94. The van der Waals surface area contributed by atoms with Gasteiger partial charge in [0.15, 0.2) is 5.11 Å². The van der Waals surface area contributed by atoms with Gasteiger partial charge >= 0.3 is 0 Å². The zero-order valence-electron chi connectivity index (χ0n) is 14.9. The number of nitrogens with one attached hydrogen (secondary N) is 2. The summed E-state index contributed by atoms with van der Waals surface area (Å²) < 4.78 is 11.4. The maximum absolute atomic E-state index is 12.1. The van der Waals surface area contributed by atoms with Crippen LogP contribution in [0.15, 0.2) is 64.4 Å². The molecule has 7 heteroatoms. The Morgan fingerprint density at radius 3 is 2.79 bits per heavy atom. The van der Waals surface area contributed by atoms with Crippen molar-refractivity contribution in [3.8, 4) is 5.75 Å². The van der Waals surface area contributed by atoms with Gasteiger partial charge in [0.1, 0.15) is 16.9 Å². The second kappa shape index (κ2) is 7.84. The molecule has 2 heterocycles. The van der Waals surface area contributed by atoms with Crippen molar-refractivity contribution in [3.05, 3.63) is 64.9 Å². The van der Waals surface area contributed by atoms with E-state index in [0.717, 1.165) is 21.2 Å². The number of benzene rings is 2. The zero-order chi connectivity index (χ0) is 19.5. The summed E-state index contributed by atoms with van der Waals surface area (Å²) >= 11 is 6.81. The molecule has 1 amide bonds. The third kappa shape index (κ3) is 3.76. The molecular formula is C21H16N2O3S2. The molecule has 0 aliphatic rings. The van der Waals surface area contributed by atoms with Crippen LogP contribution in [0.3, 0.4) is 0 Å². The molecule has 4 aromatic rings. The molecule has 2 aromatic carbocycles. The van der Waals surface area contributed by atoms with E-state index in [0.29, 0.717) is 17.0 Å². The van der Waals surface area contributed by atoms with Crippen molar-refractivity contribution in [2.45, 2.75) is 0 Å². The van der Waals surface area contributed by atoms with Gasteiger partial charge < -0.3 is 14.5 Å². The van der Waals surface area contributed by atoms with E-state index >= 15 is 0 Å². The Balaban J connectivity index is 1.54. The molecule has 5 nitrogen and oxygen atoms in total. The number of thiocarbonyl (C=S) groups is 1. The summed E-state index contributed by atoms with van der Waals surface area (Å²) in [6.45, 7) is 0. The standard InChI is InChI=1S/C21H16N2O3S2/c1-25-19-11-15-14-6-2-3-7-17(14)26-18(15)12-16(19)22-21(27)23-20(24)9-8-13-5-4-10-28-13/h2-12H,1H3,(H2,22,23,24,27)/b9-8+. The monoisotopic (exact) mass is 408 g/mol.